The van der Waals surface area contributed by atoms with Crippen molar-refractivity contribution in [3.8, 4) is 0 Å². The molecule has 2 aromatic rings. The molecular weight excluding hydrogens is 481 g/mol. The van der Waals surface area contributed by atoms with Crippen molar-refractivity contribution in [2.75, 3.05) is 0 Å². The Bertz CT molecular complexity index is 1110. The summed E-state index contributed by atoms with van der Waals surface area (Å²) in [6, 6.07) is 5.61. The van der Waals surface area contributed by atoms with Crippen LogP contribution in [0.5, 0.6) is 0 Å². The highest BCUT2D eigenvalue weighted by Gasteiger charge is 2.43. The fraction of sp³-hybridized carbons (Fsp3) is 0.607. The van der Waals surface area contributed by atoms with Gasteiger partial charge in [0.25, 0.3) is 0 Å². The average Bonchev–Trinajstić information content (AvgIpc) is 3.20. The predicted molar refractivity (Wildman–Crippen MR) is 139 cm³/mol. The molecule has 0 amide bonds. The van der Waals surface area contributed by atoms with E-state index in [9.17, 15) is 24.2 Å². The van der Waals surface area contributed by atoms with E-state index in [-0.39, 0.29) is 36.8 Å². The average molecular weight is 520 g/mol. The van der Waals surface area contributed by atoms with E-state index in [1.807, 2.05) is 39.0 Å². The van der Waals surface area contributed by atoms with E-state index in [1.165, 1.54) is 6.08 Å². The number of carbonyl (C=O) groups excluding carboxylic acids is 2. The third-order valence-corrected chi connectivity index (χ3v) is 8.34. The Morgan fingerprint density at radius 3 is 2.67 bits per heavy atom. The fourth-order valence-electron chi connectivity index (χ4n) is 4.85. The van der Waals surface area contributed by atoms with Gasteiger partial charge in [-0.15, -0.1) is 11.3 Å². The number of esters is 1. The lowest BCUT2D eigenvalue weighted by Crippen LogP contribution is -2.46. The van der Waals surface area contributed by atoms with Crippen LogP contribution in [-0.4, -0.2) is 39.2 Å². The van der Waals surface area contributed by atoms with Gasteiger partial charge in [-0.25, -0.2) is 9.37 Å². The third-order valence-electron chi connectivity index (χ3n) is 7.39. The summed E-state index contributed by atoms with van der Waals surface area (Å²) in [5.74, 6) is -2.16. The standard InChI is InChI=1S/C28H38FNO5S/c1-6-20-26(33)16(2)8-7-9-19(29)11-12-22(18-10-13-23-21(14-18)30-17(3)36-23)35-25(32)15-24(31)28(4,5)27(20)34/h10-11,13-14,16,20,22,24,26,31,33H,6-9,12,15H2,1-5H3/b19-11+/t16-,20+,22-,24+,26-/m0/s1. The molecule has 1 aliphatic heterocycles. The van der Waals surface area contributed by atoms with Gasteiger partial charge in [0, 0.05) is 12.3 Å². The lowest BCUT2D eigenvalue weighted by molar-refractivity contribution is -0.156. The van der Waals surface area contributed by atoms with E-state index in [0.29, 0.717) is 24.8 Å². The maximum absolute atomic E-state index is 14.7. The van der Waals surface area contributed by atoms with Gasteiger partial charge in [0.1, 0.15) is 11.9 Å². The van der Waals surface area contributed by atoms with Crippen molar-refractivity contribution in [3.05, 3.63) is 40.7 Å². The molecule has 1 aliphatic rings. The molecule has 0 radical (unpaired) electrons. The van der Waals surface area contributed by atoms with Crippen LogP contribution in [-0.2, 0) is 14.3 Å². The molecule has 0 saturated carbocycles. The quantitative estimate of drug-likeness (QED) is 0.474. The topological polar surface area (TPSA) is 96.7 Å². The van der Waals surface area contributed by atoms with Crippen LogP contribution < -0.4 is 0 Å². The number of allylic oxidation sites excluding steroid dienone is 1. The van der Waals surface area contributed by atoms with Crippen molar-refractivity contribution in [1.29, 1.82) is 0 Å². The minimum absolute atomic E-state index is 0.140. The van der Waals surface area contributed by atoms with Gasteiger partial charge < -0.3 is 14.9 Å². The van der Waals surface area contributed by atoms with Crippen LogP contribution in [0, 0.1) is 24.2 Å². The number of Topliss-reactive ketones (excluding diaryl/α,β-unsaturated/α-hetero) is 1. The summed E-state index contributed by atoms with van der Waals surface area (Å²) in [5.41, 5.74) is 0.224. The first kappa shape index (κ1) is 28.4. The van der Waals surface area contributed by atoms with Crippen molar-refractivity contribution in [2.45, 2.75) is 91.5 Å². The maximum Gasteiger partial charge on any atom is 0.309 e. The normalized spacial score (nSPS) is 30.6. The van der Waals surface area contributed by atoms with Crippen molar-refractivity contribution in [1.82, 2.24) is 4.98 Å². The number of rotatable bonds is 2. The van der Waals surface area contributed by atoms with Gasteiger partial charge in [-0.2, -0.15) is 0 Å². The van der Waals surface area contributed by atoms with Crippen LogP contribution in [0.25, 0.3) is 10.2 Å². The molecule has 36 heavy (non-hydrogen) atoms. The Kier molecular flexibility index (Phi) is 9.41. The minimum Gasteiger partial charge on any atom is -0.457 e. The number of ether oxygens (including phenoxy) is 1. The van der Waals surface area contributed by atoms with E-state index in [2.05, 4.69) is 4.98 Å². The Morgan fingerprint density at radius 2 is 1.97 bits per heavy atom. The summed E-state index contributed by atoms with van der Waals surface area (Å²) in [5, 5.41) is 22.7. The second-order valence-corrected chi connectivity index (χ2v) is 11.7. The number of aliphatic hydroxyl groups excluding tert-OH is 2. The summed E-state index contributed by atoms with van der Waals surface area (Å²) in [4.78, 5) is 30.8. The summed E-state index contributed by atoms with van der Waals surface area (Å²) < 4.78 is 21.4. The lowest BCUT2D eigenvalue weighted by atomic mass is 9.71. The van der Waals surface area contributed by atoms with Crippen LogP contribution in [0.4, 0.5) is 4.39 Å². The summed E-state index contributed by atoms with van der Waals surface area (Å²) in [6.45, 7) is 8.80. The number of thiazole rings is 1. The molecular formula is C28H38FNO5S. The number of aryl methyl sites for hydroxylation is 1. The van der Waals surface area contributed by atoms with Crippen LogP contribution in [0.3, 0.4) is 0 Å². The fourth-order valence-corrected chi connectivity index (χ4v) is 5.66. The zero-order chi connectivity index (χ0) is 26.6. The molecule has 2 heterocycles. The van der Waals surface area contributed by atoms with E-state index in [1.54, 1.807) is 25.2 Å². The molecule has 6 nitrogen and oxygen atoms in total. The lowest BCUT2D eigenvalue weighted by Gasteiger charge is -2.35. The van der Waals surface area contributed by atoms with Gasteiger partial charge in [-0.3, -0.25) is 9.59 Å². The van der Waals surface area contributed by atoms with Crippen LogP contribution in [0.1, 0.15) is 82.9 Å². The number of aliphatic hydroxyl groups is 2. The number of fused-ring (bicyclic) bond motifs is 1. The van der Waals surface area contributed by atoms with Crippen LogP contribution >= 0.6 is 11.3 Å². The van der Waals surface area contributed by atoms with Crippen molar-refractivity contribution >= 4 is 33.3 Å². The van der Waals surface area contributed by atoms with E-state index >= 15 is 0 Å². The van der Waals surface area contributed by atoms with Crippen LogP contribution in [0.2, 0.25) is 0 Å². The summed E-state index contributed by atoms with van der Waals surface area (Å²) in [6.07, 6.45) is -0.0657. The molecule has 1 aromatic heterocycles. The number of halogens is 1. The zero-order valence-electron chi connectivity index (χ0n) is 21.8. The number of benzene rings is 1. The van der Waals surface area contributed by atoms with Gasteiger partial charge in [0.2, 0.25) is 0 Å². The molecule has 0 unspecified atom stereocenters. The van der Waals surface area contributed by atoms with E-state index in [0.717, 1.165) is 15.2 Å². The number of nitrogens with zero attached hydrogens (tertiary/aromatic N) is 1. The van der Waals surface area contributed by atoms with Crippen molar-refractivity contribution < 1.29 is 28.9 Å². The highest BCUT2D eigenvalue weighted by molar-refractivity contribution is 7.18. The first-order chi connectivity index (χ1) is 16.9. The molecule has 1 aromatic carbocycles. The Balaban J connectivity index is 1.92. The summed E-state index contributed by atoms with van der Waals surface area (Å²) >= 11 is 1.56. The second kappa shape index (κ2) is 11.9. The first-order valence-electron chi connectivity index (χ1n) is 12.8. The minimum atomic E-state index is -1.29. The molecule has 8 heteroatoms. The number of carbonyl (C=O) groups is 2. The summed E-state index contributed by atoms with van der Waals surface area (Å²) in [7, 11) is 0. The first-order valence-corrected chi connectivity index (χ1v) is 13.6. The van der Waals surface area contributed by atoms with Gasteiger partial charge in [0.05, 0.1) is 45.1 Å². The Hall–Kier alpha value is -2.16. The molecule has 2 N–H and O–H groups in total. The molecule has 0 aliphatic carbocycles. The number of hydrogen-bond acceptors (Lipinski definition) is 7. The van der Waals surface area contributed by atoms with Crippen molar-refractivity contribution in [2.24, 2.45) is 17.3 Å². The molecule has 0 saturated heterocycles. The second-order valence-electron chi connectivity index (χ2n) is 10.5. The van der Waals surface area contributed by atoms with Gasteiger partial charge >= 0.3 is 5.97 Å². The molecule has 5 atom stereocenters. The smallest absolute Gasteiger partial charge is 0.309 e. The highest BCUT2D eigenvalue weighted by atomic mass is 32.1. The zero-order valence-corrected chi connectivity index (χ0v) is 22.6. The molecule has 0 fully saturated rings. The highest BCUT2D eigenvalue weighted by Crippen LogP contribution is 2.35. The number of cyclic esters (lactones) is 1. The van der Waals surface area contributed by atoms with E-state index in [4.69, 9.17) is 4.74 Å². The van der Waals surface area contributed by atoms with Gasteiger partial charge in [-0.05, 0) is 62.3 Å². The van der Waals surface area contributed by atoms with Crippen LogP contribution in [0.15, 0.2) is 30.1 Å². The van der Waals surface area contributed by atoms with E-state index < -0.39 is 35.6 Å². The number of hydrogen-bond donors (Lipinski definition) is 2. The molecule has 0 bridgehead atoms. The largest absolute Gasteiger partial charge is 0.457 e. The molecule has 0 spiro atoms. The third kappa shape index (κ3) is 6.58. The number of aromatic nitrogens is 1. The van der Waals surface area contributed by atoms with Crippen molar-refractivity contribution in [3.63, 3.8) is 0 Å². The SMILES string of the molecule is CC[C@H]1C(=O)C(C)(C)[C@H](O)CC(=O)O[C@H](c2ccc3sc(C)nc3c2)C/C=C(/F)CCC[C@H](C)[C@@H]1O. The molecule has 198 valence electrons. The Labute approximate surface area is 216 Å². The molecule has 3 rings (SSSR count). The van der Waals surface area contributed by atoms with Gasteiger partial charge in [-0.1, -0.05) is 33.8 Å². The van der Waals surface area contributed by atoms with Gasteiger partial charge in [0.15, 0.2) is 0 Å². The monoisotopic (exact) mass is 519 g/mol. The Morgan fingerprint density at radius 1 is 1.25 bits per heavy atom. The number of ketones is 1. The maximum atomic E-state index is 14.7. The predicted octanol–water partition coefficient (Wildman–Crippen LogP) is 5.99.